The second kappa shape index (κ2) is 5.93. The molecule has 0 radical (unpaired) electrons. The molecule has 22 heavy (non-hydrogen) atoms. The number of hydrogen-bond donors (Lipinski definition) is 1. The number of benzene rings is 1. The van der Waals surface area contributed by atoms with Crippen molar-refractivity contribution in [1.82, 2.24) is 0 Å². The van der Waals surface area contributed by atoms with Crippen molar-refractivity contribution in [3.05, 3.63) is 45.6 Å². The molecule has 1 aromatic heterocycles. The normalized spacial score (nSPS) is 14.5. The summed E-state index contributed by atoms with van der Waals surface area (Å²) in [6, 6.07) is 9.37. The summed E-state index contributed by atoms with van der Waals surface area (Å²) in [6.45, 7) is 4.69. The SMILES string of the molecule is Cc1cc(C(=O)Nc2cccc(N3CCCC3=O)c2)c(C)s1. The summed E-state index contributed by atoms with van der Waals surface area (Å²) in [5, 5.41) is 2.92. The molecule has 0 aliphatic carbocycles. The van der Waals surface area contributed by atoms with E-state index in [0.29, 0.717) is 17.7 Å². The Bertz CT molecular complexity index is 736. The van der Waals surface area contributed by atoms with Crippen LogP contribution in [-0.2, 0) is 4.79 Å². The molecule has 2 aromatic rings. The van der Waals surface area contributed by atoms with Crippen molar-refractivity contribution < 1.29 is 9.59 Å². The van der Waals surface area contributed by atoms with Crippen LogP contribution in [0.2, 0.25) is 0 Å². The van der Waals surface area contributed by atoms with E-state index in [-0.39, 0.29) is 11.8 Å². The lowest BCUT2D eigenvalue weighted by Crippen LogP contribution is -2.23. The zero-order valence-electron chi connectivity index (χ0n) is 12.7. The molecule has 5 heteroatoms. The monoisotopic (exact) mass is 314 g/mol. The van der Waals surface area contributed by atoms with E-state index in [1.807, 2.05) is 44.2 Å². The van der Waals surface area contributed by atoms with Gasteiger partial charge in [-0.05, 0) is 44.5 Å². The van der Waals surface area contributed by atoms with Crippen LogP contribution in [-0.4, -0.2) is 18.4 Å². The first kappa shape index (κ1) is 14.8. The third-order valence-electron chi connectivity index (χ3n) is 3.77. The zero-order valence-corrected chi connectivity index (χ0v) is 13.5. The van der Waals surface area contributed by atoms with Crippen molar-refractivity contribution in [2.45, 2.75) is 26.7 Å². The number of rotatable bonds is 3. The van der Waals surface area contributed by atoms with E-state index in [9.17, 15) is 9.59 Å². The summed E-state index contributed by atoms with van der Waals surface area (Å²) >= 11 is 1.62. The highest BCUT2D eigenvalue weighted by Gasteiger charge is 2.22. The second-order valence-corrected chi connectivity index (χ2v) is 6.94. The van der Waals surface area contributed by atoms with Crippen molar-refractivity contribution in [3.8, 4) is 0 Å². The first-order valence-electron chi connectivity index (χ1n) is 7.33. The number of anilines is 2. The molecule has 3 rings (SSSR count). The molecule has 0 spiro atoms. The van der Waals surface area contributed by atoms with Gasteiger partial charge in [-0.3, -0.25) is 9.59 Å². The summed E-state index contributed by atoms with van der Waals surface area (Å²) in [5.74, 6) is 0.0412. The minimum absolute atomic E-state index is 0.105. The van der Waals surface area contributed by atoms with Gasteiger partial charge in [-0.15, -0.1) is 11.3 Å². The molecule has 0 atom stereocenters. The van der Waals surface area contributed by atoms with Gasteiger partial charge in [0.1, 0.15) is 0 Å². The fourth-order valence-electron chi connectivity index (χ4n) is 2.73. The van der Waals surface area contributed by atoms with Gasteiger partial charge in [0, 0.05) is 34.1 Å². The Labute approximate surface area is 133 Å². The Balaban J connectivity index is 1.79. The summed E-state index contributed by atoms with van der Waals surface area (Å²) in [7, 11) is 0. The van der Waals surface area contributed by atoms with Crippen LogP contribution in [0.5, 0.6) is 0 Å². The second-order valence-electron chi connectivity index (χ2n) is 5.48. The molecule has 4 nitrogen and oxygen atoms in total. The Morgan fingerprint density at radius 1 is 1.27 bits per heavy atom. The molecule has 1 fully saturated rings. The van der Waals surface area contributed by atoms with Gasteiger partial charge in [0.25, 0.3) is 5.91 Å². The van der Waals surface area contributed by atoms with E-state index >= 15 is 0 Å². The highest BCUT2D eigenvalue weighted by atomic mass is 32.1. The van der Waals surface area contributed by atoms with Gasteiger partial charge >= 0.3 is 0 Å². The molecular weight excluding hydrogens is 296 g/mol. The highest BCUT2D eigenvalue weighted by Crippen LogP contribution is 2.26. The number of nitrogens with one attached hydrogen (secondary N) is 1. The quantitative estimate of drug-likeness (QED) is 0.938. The fourth-order valence-corrected chi connectivity index (χ4v) is 3.65. The van der Waals surface area contributed by atoms with E-state index < -0.39 is 0 Å². The lowest BCUT2D eigenvalue weighted by molar-refractivity contribution is -0.117. The van der Waals surface area contributed by atoms with Crippen molar-refractivity contribution in [1.29, 1.82) is 0 Å². The molecule has 1 aromatic carbocycles. The molecule has 1 aliphatic rings. The summed E-state index contributed by atoms with van der Waals surface area (Å²) < 4.78 is 0. The van der Waals surface area contributed by atoms with Crippen molar-refractivity contribution >= 4 is 34.5 Å². The fraction of sp³-hybridized carbons (Fsp3) is 0.294. The number of amides is 2. The highest BCUT2D eigenvalue weighted by molar-refractivity contribution is 7.12. The molecule has 2 amide bonds. The van der Waals surface area contributed by atoms with Crippen LogP contribution >= 0.6 is 11.3 Å². The van der Waals surface area contributed by atoms with E-state index in [2.05, 4.69) is 5.32 Å². The molecule has 1 saturated heterocycles. The third-order valence-corrected chi connectivity index (χ3v) is 4.74. The maximum absolute atomic E-state index is 12.4. The van der Waals surface area contributed by atoms with Gasteiger partial charge in [0.05, 0.1) is 5.56 Å². The number of aryl methyl sites for hydroxylation is 2. The third kappa shape index (κ3) is 2.90. The van der Waals surface area contributed by atoms with Gasteiger partial charge in [-0.1, -0.05) is 6.07 Å². The minimum atomic E-state index is -0.105. The minimum Gasteiger partial charge on any atom is -0.322 e. The van der Waals surface area contributed by atoms with Crippen LogP contribution in [0.4, 0.5) is 11.4 Å². The average molecular weight is 314 g/mol. The number of carbonyl (C=O) groups is 2. The van der Waals surface area contributed by atoms with Crippen LogP contribution < -0.4 is 10.2 Å². The van der Waals surface area contributed by atoms with Crippen LogP contribution in [0.3, 0.4) is 0 Å². The lowest BCUT2D eigenvalue weighted by atomic mass is 10.2. The average Bonchev–Trinajstić information content (AvgIpc) is 3.04. The van der Waals surface area contributed by atoms with Crippen molar-refractivity contribution in [3.63, 3.8) is 0 Å². The standard InChI is InChI=1S/C17H18N2O2S/c1-11-9-15(12(2)22-11)17(21)18-13-5-3-6-14(10-13)19-8-4-7-16(19)20/h3,5-6,9-10H,4,7-8H2,1-2H3,(H,18,21). The summed E-state index contributed by atoms with van der Waals surface area (Å²) in [4.78, 5) is 28.1. The zero-order chi connectivity index (χ0) is 15.7. The lowest BCUT2D eigenvalue weighted by Gasteiger charge is -2.16. The number of nitrogens with zero attached hydrogens (tertiary/aromatic N) is 1. The Morgan fingerprint density at radius 3 is 2.73 bits per heavy atom. The van der Waals surface area contributed by atoms with Crippen LogP contribution in [0.15, 0.2) is 30.3 Å². The first-order chi connectivity index (χ1) is 10.5. The first-order valence-corrected chi connectivity index (χ1v) is 8.15. The van der Waals surface area contributed by atoms with Crippen LogP contribution in [0.1, 0.15) is 33.0 Å². The molecule has 1 N–H and O–H groups in total. The molecule has 0 bridgehead atoms. The van der Waals surface area contributed by atoms with E-state index in [4.69, 9.17) is 0 Å². The van der Waals surface area contributed by atoms with Crippen LogP contribution in [0.25, 0.3) is 0 Å². The molecule has 2 heterocycles. The maximum Gasteiger partial charge on any atom is 0.256 e. The van der Waals surface area contributed by atoms with Crippen molar-refractivity contribution in [2.75, 3.05) is 16.8 Å². The number of hydrogen-bond acceptors (Lipinski definition) is 3. The van der Waals surface area contributed by atoms with Crippen molar-refractivity contribution in [2.24, 2.45) is 0 Å². The Hall–Kier alpha value is -2.14. The van der Waals surface area contributed by atoms with Gasteiger partial charge < -0.3 is 10.2 Å². The number of thiophene rings is 1. The predicted octanol–water partition coefficient (Wildman–Crippen LogP) is 3.74. The largest absolute Gasteiger partial charge is 0.322 e. The molecule has 0 unspecified atom stereocenters. The topological polar surface area (TPSA) is 49.4 Å². The smallest absolute Gasteiger partial charge is 0.256 e. The molecule has 1 aliphatic heterocycles. The molecule has 0 saturated carbocycles. The summed E-state index contributed by atoms with van der Waals surface area (Å²) in [5.41, 5.74) is 2.27. The van der Waals surface area contributed by atoms with E-state index in [1.54, 1.807) is 16.2 Å². The van der Waals surface area contributed by atoms with E-state index in [1.165, 1.54) is 0 Å². The Kier molecular flexibility index (Phi) is 3.98. The number of carbonyl (C=O) groups excluding carboxylic acids is 2. The Morgan fingerprint density at radius 2 is 2.09 bits per heavy atom. The predicted molar refractivity (Wildman–Crippen MR) is 89.8 cm³/mol. The van der Waals surface area contributed by atoms with Gasteiger partial charge in [0.15, 0.2) is 0 Å². The molecular formula is C17H18N2O2S. The van der Waals surface area contributed by atoms with Gasteiger partial charge in [-0.2, -0.15) is 0 Å². The van der Waals surface area contributed by atoms with E-state index in [0.717, 1.165) is 28.4 Å². The molecule has 114 valence electrons. The van der Waals surface area contributed by atoms with Crippen LogP contribution in [0, 0.1) is 13.8 Å². The van der Waals surface area contributed by atoms with Gasteiger partial charge in [-0.25, -0.2) is 0 Å². The maximum atomic E-state index is 12.4. The van der Waals surface area contributed by atoms with Gasteiger partial charge in [0.2, 0.25) is 5.91 Å². The summed E-state index contributed by atoms with van der Waals surface area (Å²) in [6.07, 6.45) is 1.49.